The number of aliphatic hydroxyl groups excluding tert-OH is 1. The lowest BCUT2D eigenvalue weighted by Gasteiger charge is -2.41. The number of amides is 3. The number of carbonyl (C=O) groups excluding carboxylic acids is 3. The quantitative estimate of drug-likeness (QED) is 0.256. The average Bonchev–Trinajstić information content (AvgIpc) is 3.61. The van der Waals surface area contributed by atoms with Crippen molar-refractivity contribution in [2.45, 2.75) is 75.1 Å². The first kappa shape index (κ1) is 34.3. The van der Waals surface area contributed by atoms with Crippen LogP contribution in [0.25, 0.3) is 0 Å². The van der Waals surface area contributed by atoms with Gasteiger partial charge in [0.1, 0.15) is 6.04 Å². The van der Waals surface area contributed by atoms with E-state index in [1.807, 2.05) is 63.2 Å². The minimum absolute atomic E-state index is 0.0725. The van der Waals surface area contributed by atoms with Crippen molar-refractivity contribution in [3.05, 3.63) is 90.0 Å². The van der Waals surface area contributed by atoms with Gasteiger partial charge in [0.15, 0.2) is 0 Å². The van der Waals surface area contributed by atoms with Crippen LogP contribution in [0.2, 0.25) is 5.02 Å². The molecule has 3 amide bonds. The maximum atomic E-state index is 15.1. The van der Waals surface area contributed by atoms with Crippen LogP contribution in [0, 0.1) is 24.7 Å². The zero-order valence-electron chi connectivity index (χ0n) is 27.3. The van der Waals surface area contributed by atoms with Crippen molar-refractivity contribution < 1.29 is 19.5 Å². The van der Waals surface area contributed by atoms with E-state index in [1.54, 1.807) is 44.7 Å². The minimum Gasteiger partial charge on any atom is -0.394 e. The van der Waals surface area contributed by atoms with Gasteiger partial charge in [-0.2, -0.15) is 0 Å². The average molecular weight is 664 g/mol. The monoisotopic (exact) mass is 663 g/mol. The predicted octanol–water partition coefficient (Wildman–Crippen LogP) is 6.27. The summed E-state index contributed by atoms with van der Waals surface area (Å²) in [5.41, 5.74) is 2.41. The molecule has 0 aromatic heterocycles. The standard InChI is InChI=1S/C37H46ClN3O4S/c1-7-20-39(22-26-15-11-10-12-16-26)33(43)29-30-34(44)41(28(23-42)24(4)9-3)32(37(30)19-18-36(29,6)46-37)35(45)40(21-8-2)31-25(5)14-13-17-27(31)38/h7-8,10-17,24,28-30,32,42H,1-2,9,18-23H2,3-6H3/t24-,28-,29+,30-,32?,36-,37?/m0/s1. The first-order valence-electron chi connectivity index (χ1n) is 16.2. The molecular weight excluding hydrogens is 618 g/mol. The van der Waals surface area contributed by atoms with Gasteiger partial charge in [-0.05, 0) is 49.8 Å². The summed E-state index contributed by atoms with van der Waals surface area (Å²) in [6.45, 7) is 16.5. The Labute approximate surface area is 282 Å². The molecule has 46 heavy (non-hydrogen) atoms. The number of para-hydroxylation sites is 1. The van der Waals surface area contributed by atoms with Crippen molar-refractivity contribution in [2.75, 3.05) is 24.6 Å². The number of aryl methyl sites for hydroxylation is 1. The summed E-state index contributed by atoms with van der Waals surface area (Å²) < 4.78 is -1.38. The van der Waals surface area contributed by atoms with Crippen LogP contribution in [0.3, 0.4) is 0 Å². The van der Waals surface area contributed by atoms with Crippen LogP contribution in [0.1, 0.15) is 51.2 Å². The van der Waals surface area contributed by atoms with Crippen LogP contribution in [0.15, 0.2) is 73.8 Å². The van der Waals surface area contributed by atoms with Crippen molar-refractivity contribution in [3.63, 3.8) is 0 Å². The van der Waals surface area contributed by atoms with Gasteiger partial charge in [-0.3, -0.25) is 14.4 Å². The second-order valence-electron chi connectivity index (χ2n) is 13.2. The number of anilines is 1. The summed E-state index contributed by atoms with van der Waals surface area (Å²) in [5.74, 6) is -1.99. The van der Waals surface area contributed by atoms with E-state index in [0.29, 0.717) is 43.1 Å². The van der Waals surface area contributed by atoms with E-state index in [2.05, 4.69) is 20.1 Å². The van der Waals surface area contributed by atoms with Gasteiger partial charge in [-0.1, -0.05) is 86.5 Å². The molecule has 7 nitrogen and oxygen atoms in total. The summed E-state index contributed by atoms with van der Waals surface area (Å²) in [6, 6.07) is 13.9. The Morgan fingerprint density at radius 2 is 1.80 bits per heavy atom. The molecule has 2 aromatic carbocycles. The number of likely N-dealkylation sites (tertiary alicyclic amines) is 1. The number of carbonyl (C=O) groups is 3. The van der Waals surface area contributed by atoms with Crippen molar-refractivity contribution in [3.8, 4) is 0 Å². The SMILES string of the molecule is C=CCN(Cc1ccccc1)C(=O)[C@H]1[C@H]2C(=O)N([C@@H](CO)[C@@H](C)CC)C(C(=O)N(CC=C)c3c(C)cccc3Cl)C23CC[C@]1(C)S3. The molecule has 3 heterocycles. The number of hydrogen-bond acceptors (Lipinski definition) is 5. The number of fused-ring (bicyclic) bond motifs is 1. The Hall–Kier alpha value is -3.07. The van der Waals surface area contributed by atoms with Gasteiger partial charge in [-0.25, -0.2) is 0 Å². The predicted molar refractivity (Wildman–Crippen MR) is 187 cm³/mol. The van der Waals surface area contributed by atoms with E-state index in [-0.39, 0.29) is 36.8 Å². The molecule has 2 aromatic rings. The second-order valence-corrected chi connectivity index (χ2v) is 15.5. The fraction of sp³-hybridized carbons (Fsp3) is 0.486. The normalized spacial score (nSPS) is 27.7. The fourth-order valence-electron chi connectivity index (χ4n) is 8.11. The van der Waals surface area contributed by atoms with Crippen LogP contribution in [-0.2, 0) is 20.9 Å². The van der Waals surface area contributed by atoms with E-state index in [4.69, 9.17) is 11.6 Å². The van der Waals surface area contributed by atoms with Crippen LogP contribution < -0.4 is 4.90 Å². The molecule has 5 rings (SSSR count). The Bertz CT molecular complexity index is 1480. The van der Waals surface area contributed by atoms with Gasteiger partial charge in [0.25, 0.3) is 5.91 Å². The molecule has 2 bridgehead atoms. The van der Waals surface area contributed by atoms with Gasteiger partial charge in [0.05, 0.1) is 39.9 Å². The number of hydrogen-bond donors (Lipinski definition) is 1. The molecule has 7 atom stereocenters. The second kappa shape index (κ2) is 13.6. The summed E-state index contributed by atoms with van der Waals surface area (Å²) in [6.07, 6.45) is 5.41. The first-order chi connectivity index (χ1) is 22.0. The Kier molecular flexibility index (Phi) is 10.1. The van der Waals surface area contributed by atoms with Gasteiger partial charge < -0.3 is 19.8 Å². The largest absolute Gasteiger partial charge is 0.394 e. The zero-order chi connectivity index (χ0) is 33.4. The Morgan fingerprint density at radius 1 is 1.11 bits per heavy atom. The molecular formula is C37H46ClN3O4S. The highest BCUT2D eigenvalue weighted by Gasteiger charge is 2.78. The van der Waals surface area contributed by atoms with E-state index in [9.17, 15) is 14.7 Å². The molecule has 1 spiro atoms. The lowest BCUT2D eigenvalue weighted by atomic mass is 9.66. The van der Waals surface area contributed by atoms with Gasteiger partial charge >= 0.3 is 0 Å². The summed E-state index contributed by atoms with van der Waals surface area (Å²) in [4.78, 5) is 49.9. The summed E-state index contributed by atoms with van der Waals surface area (Å²) in [7, 11) is 0. The van der Waals surface area contributed by atoms with Crippen molar-refractivity contribution in [2.24, 2.45) is 17.8 Å². The highest BCUT2D eigenvalue weighted by Crippen LogP contribution is 2.72. The van der Waals surface area contributed by atoms with Gasteiger partial charge in [0.2, 0.25) is 11.8 Å². The summed E-state index contributed by atoms with van der Waals surface area (Å²) in [5, 5.41) is 11.2. The first-order valence-corrected chi connectivity index (χ1v) is 17.4. The molecule has 3 aliphatic heterocycles. The van der Waals surface area contributed by atoms with Crippen LogP contribution in [-0.4, -0.2) is 73.9 Å². The third kappa shape index (κ3) is 5.60. The van der Waals surface area contributed by atoms with Gasteiger partial charge in [-0.15, -0.1) is 24.9 Å². The van der Waals surface area contributed by atoms with Crippen molar-refractivity contribution >= 4 is 46.8 Å². The van der Waals surface area contributed by atoms with Gasteiger partial charge in [0, 0.05) is 24.4 Å². The number of aliphatic hydroxyl groups is 1. The zero-order valence-corrected chi connectivity index (χ0v) is 28.9. The third-order valence-corrected chi connectivity index (χ3v) is 12.8. The Balaban J connectivity index is 1.64. The van der Waals surface area contributed by atoms with Crippen molar-refractivity contribution in [1.29, 1.82) is 0 Å². The molecule has 0 radical (unpaired) electrons. The molecule has 2 unspecified atom stereocenters. The minimum atomic E-state index is -0.890. The molecule has 0 saturated carbocycles. The van der Waals surface area contributed by atoms with E-state index in [0.717, 1.165) is 11.1 Å². The molecule has 3 aliphatic rings. The topological polar surface area (TPSA) is 81.2 Å². The fourth-order valence-corrected chi connectivity index (χ4v) is 10.8. The van der Waals surface area contributed by atoms with Crippen LogP contribution in [0.4, 0.5) is 5.69 Å². The molecule has 3 saturated heterocycles. The number of rotatable bonds is 13. The highest BCUT2D eigenvalue weighted by atomic mass is 35.5. The lowest BCUT2D eigenvalue weighted by Crippen LogP contribution is -2.59. The smallest absolute Gasteiger partial charge is 0.251 e. The van der Waals surface area contributed by atoms with E-state index in [1.165, 1.54) is 0 Å². The summed E-state index contributed by atoms with van der Waals surface area (Å²) >= 11 is 8.37. The molecule has 3 fully saturated rings. The van der Waals surface area contributed by atoms with Crippen LogP contribution in [0.5, 0.6) is 0 Å². The molecule has 246 valence electrons. The molecule has 1 N–H and O–H groups in total. The highest BCUT2D eigenvalue weighted by molar-refractivity contribution is 8.02. The lowest BCUT2D eigenvalue weighted by molar-refractivity contribution is -0.147. The number of thioether (sulfide) groups is 1. The Morgan fingerprint density at radius 3 is 2.41 bits per heavy atom. The number of benzene rings is 2. The number of nitrogens with zero attached hydrogens (tertiary/aromatic N) is 3. The maximum Gasteiger partial charge on any atom is 0.251 e. The van der Waals surface area contributed by atoms with E-state index >= 15 is 4.79 Å². The number of halogens is 1. The maximum absolute atomic E-state index is 15.1. The molecule has 0 aliphatic carbocycles. The van der Waals surface area contributed by atoms with E-state index < -0.39 is 33.4 Å². The van der Waals surface area contributed by atoms with Crippen molar-refractivity contribution in [1.82, 2.24) is 9.80 Å². The third-order valence-electron chi connectivity index (χ3n) is 10.5. The van der Waals surface area contributed by atoms with Crippen LogP contribution >= 0.6 is 23.4 Å². The molecule has 9 heteroatoms.